The van der Waals surface area contributed by atoms with Crippen LogP contribution in [0.5, 0.6) is 0 Å². The minimum Gasteiger partial charge on any atom is -0.383 e. The van der Waals surface area contributed by atoms with Crippen molar-refractivity contribution in [1.82, 2.24) is 15.6 Å². The molecule has 2 amide bonds. The van der Waals surface area contributed by atoms with E-state index in [1.807, 2.05) is 0 Å². The molecule has 1 heterocycles. The molecule has 1 unspecified atom stereocenters. The van der Waals surface area contributed by atoms with E-state index < -0.39 is 29.4 Å². The summed E-state index contributed by atoms with van der Waals surface area (Å²) in [7, 11) is 1.54. The lowest BCUT2D eigenvalue weighted by molar-refractivity contribution is -0.121. The lowest BCUT2D eigenvalue weighted by Gasteiger charge is -2.22. The molecular weight excluding hydrogens is 461 g/mol. The number of hydrogen-bond donors (Lipinski definition) is 3. The molecule has 7 nitrogen and oxygen atoms in total. The maximum absolute atomic E-state index is 14.0. The van der Waals surface area contributed by atoms with E-state index in [-0.39, 0.29) is 24.4 Å². The van der Waals surface area contributed by atoms with E-state index in [9.17, 15) is 22.8 Å². The van der Waals surface area contributed by atoms with Crippen molar-refractivity contribution in [3.63, 3.8) is 0 Å². The Hall–Kier alpha value is -3.76. The molecule has 35 heavy (non-hydrogen) atoms. The number of nitrogens with one attached hydrogen (secondary N) is 2. The Labute approximate surface area is 200 Å². The third-order valence-corrected chi connectivity index (χ3v) is 5.18. The zero-order chi connectivity index (χ0) is 25.4. The average Bonchev–Trinajstić information content (AvgIpc) is 2.81. The third kappa shape index (κ3) is 7.11. The van der Waals surface area contributed by atoms with Gasteiger partial charge in [0.25, 0.3) is 5.91 Å². The third-order valence-electron chi connectivity index (χ3n) is 5.18. The van der Waals surface area contributed by atoms with Gasteiger partial charge in [0, 0.05) is 31.5 Å². The Balaban J connectivity index is 1.99. The van der Waals surface area contributed by atoms with Gasteiger partial charge in [0.15, 0.2) is 0 Å². The molecule has 2 aromatic carbocycles. The smallest absolute Gasteiger partial charge is 0.251 e. The van der Waals surface area contributed by atoms with Crippen LogP contribution in [0, 0.1) is 17.5 Å². The lowest BCUT2D eigenvalue weighted by atomic mass is 9.94. The van der Waals surface area contributed by atoms with Gasteiger partial charge >= 0.3 is 0 Å². The van der Waals surface area contributed by atoms with E-state index in [1.54, 1.807) is 12.1 Å². The molecule has 184 valence electrons. The minimum atomic E-state index is -0.933. The van der Waals surface area contributed by atoms with E-state index in [4.69, 9.17) is 10.5 Å². The molecule has 1 aromatic heterocycles. The number of ether oxygens (including phenoxy) is 1. The second-order valence-corrected chi connectivity index (χ2v) is 7.77. The number of nitrogens with zero attached hydrogens (tertiary/aromatic N) is 1. The van der Waals surface area contributed by atoms with Gasteiger partial charge in [-0.3, -0.25) is 14.6 Å². The van der Waals surface area contributed by atoms with E-state index in [1.165, 1.54) is 37.6 Å². The topological polar surface area (TPSA) is 106 Å². The molecule has 0 aliphatic heterocycles. The summed E-state index contributed by atoms with van der Waals surface area (Å²) in [4.78, 5) is 28.7. The number of benzene rings is 2. The van der Waals surface area contributed by atoms with Crippen molar-refractivity contribution >= 4 is 11.8 Å². The number of carbonyl (C=O) groups excluding carboxylic acids is 2. The number of methoxy groups -OCH3 is 1. The summed E-state index contributed by atoms with van der Waals surface area (Å²) in [6, 6.07) is 9.48. The van der Waals surface area contributed by atoms with Crippen LogP contribution in [0.25, 0.3) is 11.1 Å². The van der Waals surface area contributed by atoms with Crippen LogP contribution in [0.4, 0.5) is 13.2 Å². The Kier molecular flexibility index (Phi) is 8.93. The predicted molar refractivity (Wildman–Crippen MR) is 124 cm³/mol. The summed E-state index contributed by atoms with van der Waals surface area (Å²) in [6.45, 7) is 0.836. The molecule has 4 N–H and O–H groups in total. The van der Waals surface area contributed by atoms with Gasteiger partial charge in [-0.05, 0) is 47.9 Å². The van der Waals surface area contributed by atoms with Gasteiger partial charge in [0.2, 0.25) is 5.91 Å². The first-order valence-electron chi connectivity index (χ1n) is 10.8. The van der Waals surface area contributed by atoms with Crippen molar-refractivity contribution in [3.05, 3.63) is 89.0 Å². The van der Waals surface area contributed by atoms with Gasteiger partial charge in [-0.15, -0.1) is 0 Å². The summed E-state index contributed by atoms with van der Waals surface area (Å²) < 4.78 is 46.7. The van der Waals surface area contributed by atoms with Gasteiger partial charge in [-0.1, -0.05) is 12.1 Å². The highest BCUT2D eigenvalue weighted by atomic mass is 19.1. The number of amides is 2. The zero-order valence-corrected chi connectivity index (χ0v) is 19.0. The normalized spacial score (nSPS) is 11.8. The van der Waals surface area contributed by atoms with E-state index in [0.717, 1.165) is 12.1 Å². The standard InChI is InChI=1S/C25H25F3N4O3/c1-35-8-7-30-14-23(33)32-22(11-15-9-17(26)13-18(27)10-15)24-19(3-2-6-31-24)16-4-5-21(28)20(12-16)25(29)34/h2-6,9-10,12-13,22,30H,7-8,11,14H2,1H3,(H2,29,34)(H,32,33). The number of rotatable bonds is 11. The number of primary amides is 1. The Morgan fingerprint density at radius 3 is 2.51 bits per heavy atom. The van der Waals surface area contributed by atoms with Crippen LogP contribution in [0.1, 0.15) is 27.7 Å². The molecule has 0 saturated carbocycles. The quantitative estimate of drug-likeness (QED) is 0.362. The number of hydrogen-bond acceptors (Lipinski definition) is 5. The van der Waals surface area contributed by atoms with Crippen molar-refractivity contribution in [3.8, 4) is 11.1 Å². The van der Waals surface area contributed by atoms with Crippen LogP contribution in [0.2, 0.25) is 0 Å². The largest absolute Gasteiger partial charge is 0.383 e. The molecule has 0 radical (unpaired) electrons. The monoisotopic (exact) mass is 486 g/mol. The Morgan fingerprint density at radius 2 is 1.83 bits per heavy atom. The van der Waals surface area contributed by atoms with Gasteiger partial charge < -0.3 is 21.1 Å². The molecule has 10 heteroatoms. The minimum absolute atomic E-state index is 0.0202. The molecule has 0 aliphatic rings. The van der Waals surface area contributed by atoms with E-state index in [2.05, 4.69) is 15.6 Å². The molecule has 1 atom stereocenters. The summed E-state index contributed by atoms with van der Waals surface area (Å²) in [5.74, 6) is -3.59. The number of nitrogens with two attached hydrogens (primary N) is 1. The van der Waals surface area contributed by atoms with E-state index >= 15 is 0 Å². The van der Waals surface area contributed by atoms with Crippen LogP contribution < -0.4 is 16.4 Å². The Morgan fingerprint density at radius 1 is 1.09 bits per heavy atom. The number of aromatic nitrogens is 1. The van der Waals surface area contributed by atoms with Crippen molar-refractivity contribution in [2.24, 2.45) is 5.73 Å². The lowest BCUT2D eigenvalue weighted by Crippen LogP contribution is -2.38. The maximum Gasteiger partial charge on any atom is 0.251 e. The van der Waals surface area contributed by atoms with Crippen molar-refractivity contribution in [1.29, 1.82) is 0 Å². The zero-order valence-electron chi connectivity index (χ0n) is 19.0. The van der Waals surface area contributed by atoms with Crippen molar-refractivity contribution in [2.45, 2.75) is 12.5 Å². The van der Waals surface area contributed by atoms with Crippen molar-refractivity contribution < 1.29 is 27.5 Å². The number of pyridine rings is 1. The fraction of sp³-hybridized carbons (Fsp3) is 0.240. The molecule has 0 bridgehead atoms. The first-order chi connectivity index (χ1) is 16.8. The first kappa shape index (κ1) is 25.9. The van der Waals surface area contributed by atoms with Gasteiger partial charge in [0.1, 0.15) is 17.5 Å². The molecule has 3 rings (SSSR count). The van der Waals surface area contributed by atoms with Gasteiger partial charge in [0.05, 0.1) is 30.5 Å². The maximum atomic E-state index is 14.0. The first-order valence-corrected chi connectivity index (χ1v) is 10.8. The predicted octanol–water partition coefficient (Wildman–Crippen LogP) is 2.90. The molecular formula is C25H25F3N4O3. The van der Waals surface area contributed by atoms with Crippen LogP contribution >= 0.6 is 0 Å². The number of carbonyl (C=O) groups is 2. The fourth-order valence-electron chi connectivity index (χ4n) is 3.62. The van der Waals surface area contributed by atoms with Gasteiger partial charge in [-0.25, -0.2) is 13.2 Å². The second kappa shape index (κ2) is 12.1. The summed E-state index contributed by atoms with van der Waals surface area (Å²) in [5.41, 5.74) is 6.58. The molecule has 3 aromatic rings. The van der Waals surface area contributed by atoms with Crippen molar-refractivity contribution in [2.75, 3.05) is 26.8 Å². The Bertz CT molecular complexity index is 1190. The molecule has 0 aliphatic carbocycles. The second-order valence-electron chi connectivity index (χ2n) is 7.77. The number of halogens is 3. The average molecular weight is 486 g/mol. The molecule has 0 fully saturated rings. The SMILES string of the molecule is COCCNCC(=O)NC(Cc1cc(F)cc(F)c1)c1ncccc1-c1ccc(F)c(C(N)=O)c1. The molecule has 0 saturated heterocycles. The summed E-state index contributed by atoms with van der Waals surface area (Å²) >= 11 is 0. The highest BCUT2D eigenvalue weighted by molar-refractivity contribution is 5.94. The van der Waals surface area contributed by atoms with Crippen LogP contribution in [0.15, 0.2) is 54.7 Å². The highest BCUT2D eigenvalue weighted by Crippen LogP contribution is 2.30. The van der Waals surface area contributed by atoms with Crippen LogP contribution in [-0.2, 0) is 16.0 Å². The van der Waals surface area contributed by atoms with Crippen LogP contribution in [0.3, 0.4) is 0 Å². The van der Waals surface area contributed by atoms with Crippen LogP contribution in [-0.4, -0.2) is 43.6 Å². The summed E-state index contributed by atoms with van der Waals surface area (Å²) in [5, 5.41) is 5.77. The highest BCUT2D eigenvalue weighted by Gasteiger charge is 2.22. The fourth-order valence-corrected chi connectivity index (χ4v) is 3.62. The molecule has 0 spiro atoms. The van der Waals surface area contributed by atoms with E-state index in [0.29, 0.717) is 35.5 Å². The summed E-state index contributed by atoms with van der Waals surface area (Å²) in [6.07, 6.45) is 1.52. The van der Waals surface area contributed by atoms with Gasteiger partial charge in [-0.2, -0.15) is 0 Å².